The van der Waals surface area contributed by atoms with E-state index in [4.69, 9.17) is 0 Å². The van der Waals surface area contributed by atoms with E-state index in [1.54, 1.807) is 30.4 Å². The molecule has 2 aromatic heterocycles. The van der Waals surface area contributed by atoms with Crippen molar-refractivity contribution in [3.8, 4) is 0 Å². The molecule has 0 aliphatic carbocycles. The van der Waals surface area contributed by atoms with E-state index in [-0.39, 0.29) is 5.91 Å². The minimum Gasteiger partial charge on any atom is -0.352 e. The van der Waals surface area contributed by atoms with Crippen LogP contribution in [0.3, 0.4) is 0 Å². The highest BCUT2D eigenvalue weighted by molar-refractivity contribution is 5.92. The van der Waals surface area contributed by atoms with Gasteiger partial charge in [0.1, 0.15) is 17.8 Å². The molecule has 0 unspecified atom stereocenters. The molecule has 6 heteroatoms. The lowest BCUT2D eigenvalue weighted by Gasteiger charge is -2.23. The highest BCUT2D eigenvalue weighted by Crippen LogP contribution is 2.15. The van der Waals surface area contributed by atoms with Crippen molar-refractivity contribution in [1.29, 1.82) is 0 Å². The second-order valence-corrected chi connectivity index (χ2v) is 6.59. The summed E-state index contributed by atoms with van der Waals surface area (Å²) in [4.78, 5) is 29.2. The Hall–Kier alpha value is -3.28. The smallest absolute Gasteiger partial charge is 0.272 e. The van der Waals surface area contributed by atoms with Crippen LogP contribution in [-0.2, 0) is 13.0 Å². The number of aromatic nitrogens is 3. The molecule has 144 valence electrons. The molecule has 0 radical (unpaired) electrons. The molecule has 28 heavy (non-hydrogen) atoms. The Bertz CT molecular complexity index is 886. The number of nitrogens with zero attached hydrogens (tertiary/aromatic N) is 5. The predicted octanol–water partition coefficient (Wildman–Crippen LogP) is 3.21. The van der Waals surface area contributed by atoms with E-state index >= 15 is 0 Å². The molecule has 0 spiro atoms. The average molecular weight is 375 g/mol. The molecular formula is C22H25N5O. The zero-order valence-corrected chi connectivity index (χ0v) is 16.3. The van der Waals surface area contributed by atoms with E-state index in [1.807, 2.05) is 30.3 Å². The third kappa shape index (κ3) is 5.13. The predicted molar refractivity (Wildman–Crippen MR) is 110 cm³/mol. The van der Waals surface area contributed by atoms with Gasteiger partial charge in [-0.15, -0.1) is 0 Å². The summed E-state index contributed by atoms with van der Waals surface area (Å²) in [6.45, 7) is 4.22. The van der Waals surface area contributed by atoms with E-state index < -0.39 is 0 Å². The van der Waals surface area contributed by atoms with Gasteiger partial charge in [0, 0.05) is 45.1 Å². The van der Waals surface area contributed by atoms with Gasteiger partial charge in [0.15, 0.2) is 0 Å². The van der Waals surface area contributed by atoms with Gasteiger partial charge in [0.05, 0.1) is 0 Å². The molecule has 0 aliphatic heterocycles. The van der Waals surface area contributed by atoms with Gasteiger partial charge in [0.2, 0.25) is 0 Å². The number of pyridine rings is 1. The maximum atomic E-state index is 12.8. The second-order valence-electron chi connectivity index (χ2n) is 6.59. The van der Waals surface area contributed by atoms with Gasteiger partial charge in [-0.1, -0.05) is 30.3 Å². The number of benzene rings is 1. The third-order valence-corrected chi connectivity index (χ3v) is 4.63. The number of anilines is 1. The summed E-state index contributed by atoms with van der Waals surface area (Å²) < 4.78 is 0. The highest BCUT2D eigenvalue weighted by Gasteiger charge is 2.16. The van der Waals surface area contributed by atoms with Crippen LogP contribution >= 0.6 is 0 Å². The topological polar surface area (TPSA) is 62.2 Å². The van der Waals surface area contributed by atoms with Crippen LogP contribution in [0.5, 0.6) is 0 Å². The Balaban J connectivity index is 1.67. The lowest BCUT2D eigenvalue weighted by molar-refractivity contribution is 0.0790. The van der Waals surface area contributed by atoms with Crippen molar-refractivity contribution in [1.82, 2.24) is 19.9 Å². The van der Waals surface area contributed by atoms with Crippen LogP contribution < -0.4 is 4.90 Å². The van der Waals surface area contributed by atoms with Gasteiger partial charge in [0.25, 0.3) is 5.91 Å². The first-order valence-electron chi connectivity index (χ1n) is 9.42. The van der Waals surface area contributed by atoms with Crippen LogP contribution in [0.4, 0.5) is 5.82 Å². The summed E-state index contributed by atoms with van der Waals surface area (Å²) >= 11 is 0. The number of hydrogen-bond acceptors (Lipinski definition) is 5. The first-order chi connectivity index (χ1) is 13.7. The Kier molecular flexibility index (Phi) is 6.68. The number of carbonyl (C=O) groups excluding carboxylic acids is 1. The maximum absolute atomic E-state index is 12.8. The summed E-state index contributed by atoms with van der Waals surface area (Å²) in [6, 6.07) is 15.9. The standard InChI is InChI=1S/C22H25N5O/c1-3-27(16-19-7-5-4-6-8-19)21-15-20(24-17-25-21)22(28)26(2)14-11-18-9-12-23-13-10-18/h4-10,12-13,15,17H,3,11,14,16H2,1-2H3. The van der Waals surface area contributed by atoms with Crippen LogP contribution in [-0.4, -0.2) is 45.9 Å². The fourth-order valence-electron chi connectivity index (χ4n) is 2.94. The largest absolute Gasteiger partial charge is 0.352 e. The van der Waals surface area contributed by atoms with Crippen LogP contribution in [0.1, 0.15) is 28.5 Å². The van der Waals surface area contributed by atoms with Crippen LogP contribution in [0, 0.1) is 0 Å². The molecule has 0 bridgehead atoms. The van der Waals surface area contributed by atoms with Crippen LogP contribution in [0.2, 0.25) is 0 Å². The van der Waals surface area contributed by atoms with E-state index in [1.165, 1.54) is 11.9 Å². The zero-order chi connectivity index (χ0) is 19.8. The Morgan fingerprint density at radius 1 is 1.00 bits per heavy atom. The zero-order valence-electron chi connectivity index (χ0n) is 16.3. The molecule has 0 aliphatic rings. The normalized spacial score (nSPS) is 10.5. The molecule has 1 aromatic carbocycles. The molecule has 3 rings (SSSR count). The minimum atomic E-state index is -0.103. The van der Waals surface area contributed by atoms with Crippen LogP contribution in [0.15, 0.2) is 67.3 Å². The summed E-state index contributed by atoms with van der Waals surface area (Å²) in [5.74, 6) is 0.653. The van der Waals surface area contributed by atoms with Crippen molar-refractivity contribution in [2.24, 2.45) is 0 Å². The monoisotopic (exact) mass is 375 g/mol. The maximum Gasteiger partial charge on any atom is 0.272 e. The average Bonchev–Trinajstić information content (AvgIpc) is 2.76. The van der Waals surface area contributed by atoms with Crippen molar-refractivity contribution < 1.29 is 4.79 Å². The second kappa shape index (κ2) is 9.60. The molecule has 0 saturated carbocycles. The molecular weight excluding hydrogens is 350 g/mol. The minimum absolute atomic E-state index is 0.103. The first-order valence-corrected chi connectivity index (χ1v) is 9.42. The lowest BCUT2D eigenvalue weighted by Crippen LogP contribution is -2.30. The molecule has 3 aromatic rings. The van der Waals surface area contributed by atoms with E-state index in [9.17, 15) is 4.79 Å². The number of likely N-dealkylation sites (N-methyl/N-ethyl adjacent to an activating group) is 1. The van der Waals surface area contributed by atoms with Gasteiger partial charge < -0.3 is 9.80 Å². The van der Waals surface area contributed by atoms with Crippen molar-refractivity contribution in [2.75, 3.05) is 25.0 Å². The quantitative estimate of drug-likeness (QED) is 0.605. The Morgan fingerprint density at radius 3 is 2.46 bits per heavy atom. The Labute approximate surface area is 165 Å². The lowest BCUT2D eigenvalue weighted by atomic mass is 10.2. The van der Waals surface area contributed by atoms with Crippen molar-refractivity contribution >= 4 is 11.7 Å². The molecule has 2 heterocycles. The molecule has 0 fully saturated rings. The van der Waals surface area contributed by atoms with Crippen LogP contribution in [0.25, 0.3) is 0 Å². The SMILES string of the molecule is CCN(Cc1ccccc1)c1cc(C(=O)N(C)CCc2ccncc2)ncn1. The molecule has 6 nitrogen and oxygen atoms in total. The highest BCUT2D eigenvalue weighted by atomic mass is 16.2. The van der Waals surface area contributed by atoms with E-state index in [0.29, 0.717) is 12.2 Å². The van der Waals surface area contributed by atoms with Crippen molar-refractivity contribution in [3.63, 3.8) is 0 Å². The molecule has 0 saturated heterocycles. The summed E-state index contributed by atoms with van der Waals surface area (Å²) in [5.41, 5.74) is 2.76. The van der Waals surface area contributed by atoms with Gasteiger partial charge >= 0.3 is 0 Å². The fraction of sp³-hybridized carbons (Fsp3) is 0.273. The number of hydrogen-bond donors (Lipinski definition) is 0. The molecule has 0 atom stereocenters. The first kappa shape index (κ1) is 19.5. The van der Waals surface area contributed by atoms with Gasteiger partial charge in [-0.3, -0.25) is 9.78 Å². The van der Waals surface area contributed by atoms with Crippen molar-refractivity contribution in [2.45, 2.75) is 19.9 Å². The fourth-order valence-corrected chi connectivity index (χ4v) is 2.94. The Morgan fingerprint density at radius 2 is 1.75 bits per heavy atom. The van der Waals surface area contributed by atoms with E-state index in [2.05, 4.69) is 38.9 Å². The number of rotatable bonds is 8. The third-order valence-electron chi connectivity index (χ3n) is 4.63. The number of amides is 1. The van der Waals surface area contributed by atoms with E-state index in [0.717, 1.165) is 30.9 Å². The van der Waals surface area contributed by atoms with Gasteiger partial charge in [-0.25, -0.2) is 9.97 Å². The summed E-state index contributed by atoms with van der Waals surface area (Å²) in [5, 5.41) is 0. The van der Waals surface area contributed by atoms with Crippen molar-refractivity contribution in [3.05, 3.63) is 84.1 Å². The molecule has 0 N–H and O–H groups in total. The van der Waals surface area contributed by atoms with Gasteiger partial charge in [-0.05, 0) is 36.6 Å². The summed E-state index contributed by atoms with van der Waals surface area (Å²) in [7, 11) is 1.80. The molecule has 1 amide bonds. The summed E-state index contributed by atoms with van der Waals surface area (Å²) in [6.07, 6.45) is 5.77. The number of carbonyl (C=O) groups is 1. The van der Waals surface area contributed by atoms with Gasteiger partial charge in [-0.2, -0.15) is 0 Å².